The first-order chi connectivity index (χ1) is 7.74. The Morgan fingerprint density at radius 2 is 2.12 bits per heavy atom. The van der Waals surface area contributed by atoms with Gasteiger partial charge in [0.25, 0.3) is 5.56 Å². The normalized spacial score (nSPS) is 24.2. The molecule has 0 radical (unpaired) electrons. The van der Waals surface area contributed by atoms with E-state index in [-0.39, 0.29) is 11.6 Å². The summed E-state index contributed by atoms with van der Waals surface area (Å²) in [4.78, 5) is 11.9. The van der Waals surface area contributed by atoms with Crippen LogP contribution in [0.5, 0.6) is 0 Å². The minimum Gasteiger partial charge on any atom is -0.327 e. The molecule has 3 nitrogen and oxygen atoms in total. The second-order valence-electron chi connectivity index (χ2n) is 5.20. The van der Waals surface area contributed by atoms with E-state index in [4.69, 9.17) is 5.73 Å². The van der Waals surface area contributed by atoms with Crippen molar-refractivity contribution < 1.29 is 0 Å². The summed E-state index contributed by atoms with van der Waals surface area (Å²) in [7, 11) is 0. The van der Waals surface area contributed by atoms with Gasteiger partial charge in [-0.2, -0.15) is 0 Å². The number of nitrogens with two attached hydrogens (primary N) is 1. The van der Waals surface area contributed by atoms with Crippen LogP contribution >= 0.6 is 0 Å². The average Bonchev–Trinajstić information content (AvgIpc) is 3.06. The third kappa shape index (κ3) is 1.80. The van der Waals surface area contributed by atoms with Crippen LogP contribution in [0.3, 0.4) is 0 Å². The molecule has 3 rings (SSSR count). The van der Waals surface area contributed by atoms with Crippen molar-refractivity contribution in [2.24, 2.45) is 11.7 Å². The maximum absolute atomic E-state index is 11.9. The largest absolute Gasteiger partial charge is 0.327 e. The van der Waals surface area contributed by atoms with Crippen LogP contribution in [0.25, 0.3) is 0 Å². The van der Waals surface area contributed by atoms with E-state index in [1.165, 1.54) is 24.1 Å². The van der Waals surface area contributed by atoms with Crippen LogP contribution < -0.4 is 11.3 Å². The molecule has 0 bridgehead atoms. The lowest BCUT2D eigenvalue weighted by atomic mass is 9.92. The molecule has 0 aliphatic heterocycles. The van der Waals surface area contributed by atoms with Crippen molar-refractivity contribution in [1.29, 1.82) is 0 Å². The Labute approximate surface area is 95.3 Å². The van der Waals surface area contributed by atoms with Crippen LogP contribution in [-0.2, 0) is 19.4 Å². The first-order valence-corrected chi connectivity index (χ1v) is 6.21. The summed E-state index contributed by atoms with van der Waals surface area (Å²) >= 11 is 0. The molecular weight excluding hydrogens is 200 g/mol. The SMILES string of the molecule is N[C@@H]1CCc2c(ccc(=O)n2CC2CC2)C1. The van der Waals surface area contributed by atoms with E-state index < -0.39 is 0 Å². The van der Waals surface area contributed by atoms with Gasteiger partial charge in [-0.25, -0.2) is 0 Å². The van der Waals surface area contributed by atoms with Crippen molar-refractivity contribution in [2.75, 3.05) is 0 Å². The highest BCUT2D eigenvalue weighted by Gasteiger charge is 2.25. The lowest BCUT2D eigenvalue weighted by molar-refractivity contribution is 0.508. The zero-order valence-electron chi connectivity index (χ0n) is 9.48. The van der Waals surface area contributed by atoms with Gasteiger partial charge in [0, 0.05) is 24.3 Å². The summed E-state index contributed by atoms with van der Waals surface area (Å²) in [5.74, 6) is 0.750. The van der Waals surface area contributed by atoms with Gasteiger partial charge in [0.15, 0.2) is 0 Å². The van der Waals surface area contributed by atoms with E-state index in [0.717, 1.165) is 31.7 Å². The van der Waals surface area contributed by atoms with Crippen molar-refractivity contribution in [3.05, 3.63) is 33.7 Å². The van der Waals surface area contributed by atoms with Crippen LogP contribution in [-0.4, -0.2) is 10.6 Å². The van der Waals surface area contributed by atoms with E-state index in [2.05, 4.69) is 0 Å². The van der Waals surface area contributed by atoms with Gasteiger partial charge in [0.2, 0.25) is 0 Å². The second kappa shape index (κ2) is 3.74. The highest BCUT2D eigenvalue weighted by atomic mass is 16.1. The number of pyridine rings is 1. The molecule has 0 amide bonds. The monoisotopic (exact) mass is 218 g/mol. The Hall–Kier alpha value is -1.09. The minimum atomic E-state index is 0.168. The second-order valence-corrected chi connectivity index (χ2v) is 5.20. The van der Waals surface area contributed by atoms with E-state index in [1.54, 1.807) is 6.07 Å². The Morgan fingerprint density at radius 3 is 2.88 bits per heavy atom. The minimum absolute atomic E-state index is 0.168. The van der Waals surface area contributed by atoms with Gasteiger partial charge in [-0.05, 0) is 43.6 Å². The molecule has 1 aromatic rings. The molecule has 0 aromatic carbocycles. The first-order valence-electron chi connectivity index (χ1n) is 6.21. The van der Waals surface area contributed by atoms with E-state index in [0.29, 0.717) is 0 Å². The number of aromatic nitrogens is 1. The number of nitrogens with zero attached hydrogens (tertiary/aromatic N) is 1. The molecule has 3 heteroatoms. The molecule has 16 heavy (non-hydrogen) atoms. The van der Waals surface area contributed by atoms with Gasteiger partial charge >= 0.3 is 0 Å². The van der Waals surface area contributed by atoms with Gasteiger partial charge in [-0.3, -0.25) is 4.79 Å². The molecule has 0 saturated heterocycles. The van der Waals surface area contributed by atoms with E-state index in [9.17, 15) is 4.79 Å². The summed E-state index contributed by atoms with van der Waals surface area (Å²) < 4.78 is 2.00. The molecule has 1 aromatic heterocycles. The van der Waals surface area contributed by atoms with Gasteiger partial charge < -0.3 is 10.3 Å². The fourth-order valence-electron chi connectivity index (χ4n) is 2.61. The Bertz CT molecular complexity index is 459. The molecular formula is C13H18N2O. The number of hydrogen-bond donors (Lipinski definition) is 1. The summed E-state index contributed by atoms with van der Waals surface area (Å²) in [5.41, 5.74) is 8.67. The van der Waals surface area contributed by atoms with Crippen LogP contribution in [0, 0.1) is 5.92 Å². The maximum atomic E-state index is 11.9. The zero-order valence-corrected chi connectivity index (χ0v) is 9.48. The molecule has 2 aliphatic carbocycles. The van der Waals surface area contributed by atoms with Crippen molar-refractivity contribution >= 4 is 0 Å². The number of hydrogen-bond acceptors (Lipinski definition) is 2. The standard InChI is InChI=1S/C13H18N2O/c14-11-4-5-12-10(7-11)3-6-13(16)15(12)8-9-1-2-9/h3,6,9,11H,1-2,4-5,7-8,14H2/t11-/m1/s1. The molecule has 1 fully saturated rings. The smallest absolute Gasteiger partial charge is 0.250 e. The predicted molar refractivity (Wildman–Crippen MR) is 63.4 cm³/mol. The summed E-state index contributed by atoms with van der Waals surface area (Å²) in [5, 5.41) is 0. The Kier molecular flexibility index (Phi) is 2.36. The van der Waals surface area contributed by atoms with Crippen molar-refractivity contribution in [3.63, 3.8) is 0 Å². The molecule has 1 heterocycles. The van der Waals surface area contributed by atoms with Crippen molar-refractivity contribution in [3.8, 4) is 0 Å². The van der Waals surface area contributed by atoms with Crippen LogP contribution in [0.2, 0.25) is 0 Å². The van der Waals surface area contributed by atoms with Gasteiger partial charge in [-0.1, -0.05) is 6.07 Å². The third-order valence-corrected chi connectivity index (χ3v) is 3.76. The molecule has 1 saturated carbocycles. The molecule has 0 unspecified atom stereocenters. The lowest BCUT2D eigenvalue weighted by Crippen LogP contribution is -2.33. The predicted octanol–water partition coefficient (Wildman–Crippen LogP) is 1.07. The molecule has 1 atom stereocenters. The summed E-state index contributed by atoms with van der Waals surface area (Å²) in [6, 6.07) is 3.96. The number of rotatable bonds is 2. The molecule has 86 valence electrons. The van der Waals surface area contributed by atoms with Crippen molar-refractivity contribution in [1.82, 2.24) is 4.57 Å². The average molecular weight is 218 g/mol. The fourth-order valence-corrected chi connectivity index (χ4v) is 2.61. The maximum Gasteiger partial charge on any atom is 0.250 e. The Balaban J connectivity index is 2.00. The number of fused-ring (bicyclic) bond motifs is 1. The van der Waals surface area contributed by atoms with Crippen LogP contribution in [0.1, 0.15) is 30.5 Å². The topological polar surface area (TPSA) is 48.0 Å². The molecule has 0 spiro atoms. The lowest BCUT2D eigenvalue weighted by Gasteiger charge is -2.24. The van der Waals surface area contributed by atoms with Gasteiger partial charge in [0.05, 0.1) is 0 Å². The summed E-state index contributed by atoms with van der Waals surface area (Å²) in [6.07, 6.45) is 5.49. The highest BCUT2D eigenvalue weighted by molar-refractivity contribution is 5.25. The first kappa shape index (κ1) is 10.1. The van der Waals surface area contributed by atoms with Crippen LogP contribution in [0.15, 0.2) is 16.9 Å². The highest BCUT2D eigenvalue weighted by Crippen LogP contribution is 2.31. The van der Waals surface area contributed by atoms with Crippen LogP contribution in [0.4, 0.5) is 0 Å². The summed E-state index contributed by atoms with van der Waals surface area (Å²) in [6.45, 7) is 0.928. The van der Waals surface area contributed by atoms with E-state index in [1.807, 2.05) is 10.6 Å². The van der Waals surface area contributed by atoms with Crippen molar-refractivity contribution in [2.45, 2.75) is 44.7 Å². The van der Waals surface area contributed by atoms with Gasteiger partial charge in [-0.15, -0.1) is 0 Å². The molecule has 2 N–H and O–H groups in total. The molecule has 2 aliphatic rings. The Morgan fingerprint density at radius 1 is 1.31 bits per heavy atom. The van der Waals surface area contributed by atoms with E-state index >= 15 is 0 Å². The van der Waals surface area contributed by atoms with Gasteiger partial charge in [0.1, 0.15) is 0 Å². The zero-order chi connectivity index (χ0) is 11.1. The quantitative estimate of drug-likeness (QED) is 0.807. The fraction of sp³-hybridized carbons (Fsp3) is 0.615. The third-order valence-electron chi connectivity index (χ3n) is 3.76.